The van der Waals surface area contributed by atoms with Crippen LogP contribution in [0.2, 0.25) is 0 Å². The van der Waals surface area contributed by atoms with Crippen molar-refractivity contribution in [3.05, 3.63) is 55.5 Å². The third-order valence-electron chi connectivity index (χ3n) is 3.12. The van der Waals surface area contributed by atoms with Gasteiger partial charge < -0.3 is 14.5 Å². The molecule has 0 spiro atoms. The maximum absolute atomic E-state index is 5.93. The molecule has 1 atom stereocenters. The number of benzene rings is 1. The summed E-state index contributed by atoms with van der Waals surface area (Å²) in [5.41, 5.74) is 1.22. The van der Waals surface area contributed by atoms with Crippen molar-refractivity contribution in [2.45, 2.75) is 26.0 Å². The van der Waals surface area contributed by atoms with E-state index in [1.54, 1.807) is 7.11 Å². The van der Waals surface area contributed by atoms with Crippen molar-refractivity contribution in [3.63, 3.8) is 0 Å². The van der Waals surface area contributed by atoms with Gasteiger partial charge in [0, 0.05) is 15.2 Å². The van der Waals surface area contributed by atoms with Crippen LogP contribution in [-0.2, 0) is 11.3 Å². The summed E-state index contributed by atoms with van der Waals surface area (Å²) in [6, 6.07) is 10.4. The number of rotatable bonds is 7. The van der Waals surface area contributed by atoms with Crippen molar-refractivity contribution in [1.82, 2.24) is 5.32 Å². The van der Waals surface area contributed by atoms with E-state index in [0.29, 0.717) is 6.61 Å². The second-order valence-corrected chi connectivity index (χ2v) is 6.87. The summed E-state index contributed by atoms with van der Waals surface area (Å²) in [5.74, 6) is 1.77. The molecule has 2 aromatic rings. The lowest BCUT2D eigenvalue weighted by Gasteiger charge is -2.18. The lowest BCUT2D eigenvalue weighted by Crippen LogP contribution is -2.23. The number of hydrogen-bond acceptors (Lipinski definition) is 3. The summed E-state index contributed by atoms with van der Waals surface area (Å²) in [7, 11) is 1.67. The molecule has 0 amide bonds. The molecular formula is C16H19BrINO2. The molecule has 0 aliphatic carbocycles. The Kier molecular flexibility index (Phi) is 6.73. The Morgan fingerprint density at radius 1 is 1.33 bits per heavy atom. The molecule has 1 heterocycles. The first-order chi connectivity index (χ1) is 10.2. The van der Waals surface area contributed by atoms with Crippen LogP contribution in [0.4, 0.5) is 0 Å². The molecule has 3 nitrogen and oxygen atoms in total. The third-order valence-corrected chi connectivity index (χ3v) is 4.60. The molecule has 0 fully saturated rings. The summed E-state index contributed by atoms with van der Waals surface area (Å²) < 4.78 is 13.3. The quantitative estimate of drug-likeness (QED) is 0.594. The Bertz CT molecular complexity index is 585. The van der Waals surface area contributed by atoms with E-state index < -0.39 is 0 Å². The molecule has 1 unspecified atom stereocenters. The van der Waals surface area contributed by atoms with Crippen LogP contribution in [0.15, 0.2) is 39.2 Å². The van der Waals surface area contributed by atoms with Crippen molar-refractivity contribution < 1.29 is 9.15 Å². The van der Waals surface area contributed by atoms with Crippen LogP contribution in [0.5, 0.6) is 0 Å². The average molecular weight is 464 g/mol. The Balaban J connectivity index is 2.34. The summed E-state index contributed by atoms with van der Waals surface area (Å²) in [6.07, 6.45) is 1.08. The van der Waals surface area contributed by atoms with Crippen LogP contribution in [0, 0.1) is 3.57 Å². The zero-order valence-electron chi connectivity index (χ0n) is 12.2. The summed E-state index contributed by atoms with van der Waals surface area (Å²) in [4.78, 5) is 0. The second kappa shape index (κ2) is 8.31. The molecule has 1 aromatic carbocycles. The molecule has 0 bridgehead atoms. The fraction of sp³-hybridized carbons (Fsp3) is 0.375. The van der Waals surface area contributed by atoms with E-state index >= 15 is 0 Å². The molecule has 5 heteroatoms. The van der Waals surface area contributed by atoms with Gasteiger partial charge in [-0.05, 0) is 71.5 Å². The van der Waals surface area contributed by atoms with Crippen LogP contribution in [0.3, 0.4) is 0 Å². The highest BCUT2D eigenvalue weighted by molar-refractivity contribution is 14.1. The van der Waals surface area contributed by atoms with Crippen molar-refractivity contribution in [3.8, 4) is 0 Å². The van der Waals surface area contributed by atoms with Crippen molar-refractivity contribution in [1.29, 1.82) is 0 Å². The lowest BCUT2D eigenvalue weighted by molar-refractivity contribution is 0.162. The Hall–Kier alpha value is -0.370. The minimum atomic E-state index is 0.0555. The SMILES string of the molecule is CCCNC(c1ccc(COC)o1)c1cc(Br)ccc1I. The van der Waals surface area contributed by atoms with E-state index in [1.165, 1.54) is 9.13 Å². The smallest absolute Gasteiger partial charge is 0.129 e. The number of nitrogens with one attached hydrogen (secondary N) is 1. The van der Waals surface area contributed by atoms with Gasteiger partial charge in [-0.1, -0.05) is 22.9 Å². The fourth-order valence-corrected chi connectivity index (χ4v) is 3.18. The Labute approximate surface area is 147 Å². The molecule has 1 N–H and O–H groups in total. The lowest BCUT2D eigenvalue weighted by atomic mass is 10.0. The molecule has 21 heavy (non-hydrogen) atoms. The first kappa shape index (κ1) is 17.0. The summed E-state index contributed by atoms with van der Waals surface area (Å²) >= 11 is 5.92. The molecule has 0 aliphatic heterocycles. The number of ether oxygens (including phenoxy) is 1. The van der Waals surface area contributed by atoms with Gasteiger partial charge in [0.25, 0.3) is 0 Å². The van der Waals surface area contributed by atoms with Crippen LogP contribution < -0.4 is 5.32 Å². The minimum Gasteiger partial charge on any atom is -0.462 e. The van der Waals surface area contributed by atoms with Gasteiger partial charge in [-0.25, -0.2) is 0 Å². The predicted octanol–water partition coefficient (Wildman–Crippen LogP) is 4.88. The summed E-state index contributed by atoms with van der Waals surface area (Å²) in [6.45, 7) is 3.60. The highest BCUT2D eigenvalue weighted by Gasteiger charge is 2.20. The summed E-state index contributed by atoms with van der Waals surface area (Å²) in [5, 5.41) is 3.57. The molecule has 114 valence electrons. The van der Waals surface area contributed by atoms with Crippen LogP contribution in [-0.4, -0.2) is 13.7 Å². The van der Waals surface area contributed by atoms with Gasteiger partial charge in [0.2, 0.25) is 0 Å². The maximum atomic E-state index is 5.93. The van der Waals surface area contributed by atoms with E-state index in [1.807, 2.05) is 12.1 Å². The molecule has 0 aliphatic rings. The van der Waals surface area contributed by atoms with E-state index in [-0.39, 0.29) is 6.04 Å². The molecule has 2 rings (SSSR count). The van der Waals surface area contributed by atoms with Crippen LogP contribution >= 0.6 is 38.5 Å². The molecule has 0 radical (unpaired) electrons. The normalized spacial score (nSPS) is 12.6. The Morgan fingerprint density at radius 3 is 2.86 bits per heavy atom. The van der Waals surface area contributed by atoms with Crippen LogP contribution in [0.25, 0.3) is 0 Å². The first-order valence-electron chi connectivity index (χ1n) is 6.91. The number of furan rings is 1. The van der Waals surface area contributed by atoms with E-state index in [2.05, 4.69) is 69.0 Å². The van der Waals surface area contributed by atoms with Crippen molar-refractivity contribution >= 4 is 38.5 Å². The zero-order valence-corrected chi connectivity index (χ0v) is 15.9. The minimum absolute atomic E-state index is 0.0555. The predicted molar refractivity (Wildman–Crippen MR) is 96.4 cm³/mol. The van der Waals surface area contributed by atoms with Gasteiger partial charge in [-0.2, -0.15) is 0 Å². The topological polar surface area (TPSA) is 34.4 Å². The van der Waals surface area contributed by atoms with Gasteiger partial charge in [-0.3, -0.25) is 0 Å². The van der Waals surface area contributed by atoms with E-state index in [0.717, 1.165) is 29.0 Å². The van der Waals surface area contributed by atoms with Gasteiger partial charge in [0.1, 0.15) is 18.1 Å². The van der Waals surface area contributed by atoms with E-state index in [4.69, 9.17) is 9.15 Å². The molecule has 0 saturated carbocycles. The third kappa shape index (κ3) is 4.55. The molecule has 1 aromatic heterocycles. The monoisotopic (exact) mass is 463 g/mol. The van der Waals surface area contributed by atoms with Crippen molar-refractivity contribution in [2.75, 3.05) is 13.7 Å². The second-order valence-electron chi connectivity index (χ2n) is 4.79. The van der Waals surface area contributed by atoms with E-state index in [9.17, 15) is 0 Å². The standard InChI is InChI=1S/C16H19BrINO2/c1-3-8-19-16(13-9-11(17)4-6-14(13)18)15-7-5-12(21-15)10-20-2/h4-7,9,16,19H,3,8,10H2,1-2H3. The van der Waals surface area contributed by atoms with Crippen LogP contribution in [0.1, 0.15) is 36.5 Å². The Morgan fingerprint density at radius 2 is 2.14 bits per heavy atom. The van der Waals surface area contributed by atoms with Gasteiger partial charge in [0.15, 0.2) is 0 Å². The number of halogens is 2. The molecular weight excluding hydrogens is 445 g/mol. The number of hydrogen-bond donors (Lipinski definition) is 1. The van der Waals surface area contributed by atoms with Crippen molar-refractivity contribution in [2.24, 2.45) is 0 Å². The fourth-order valence-electron chi connectivity index (χ4n) is 2.16. The molecule has 0 saturated heterocycles. The van der Waals surface area contributed by atoms with Gasteiger partial charge in [-0.15, -0.1) is 0 Å². The first-order valence-corrected chi connectivity index (χ1v) is 8.78. The zero-order chi connectivity index (χ0) is 15.2. The average Bonchev–Trinajstić information content (AvgIpc) is 2.92. The largest absolute Gasteiger partial charge is 0.462 e. The maximum Gasteiger partial charge on any atom is 0.129 e. The highest BCUT2D eigenvalue weighted by Crippen LogP contribution is 2.30. The number of methoxy groups -OCH3 is 1. The van der Waals surface area contributed by atoms with Gasteiger partial charge in [0.05, 0.1) is 6.04 Å². The van der Waals surface area contributed by atoms with Gasteiger partial charge >= 0.3 is 0 Å². The highest BCUT2D eigenvalue weighted by atomic mass is 127.